The van der Waals surface area contributed by atoms with Crippen molar-refractivity contribution in [1.82, 2.24) is 9.80 Å². The average molecular weight is 420 g/mol. The normalized spacial score (nSPS) is 15.4. The second-order valence-electron chi connectivity index (χ2n) is 6.97. The van der Waals surface area contributed by atoms with Crippen LogP contribution < -0.4 is 5.32 Å². The number of anilines is 1. The lowest BCUT2D eigenvalue weighted by Gasteiger charge is -2.34. The van der Waals surface area contributed by atoms with E-state index in [2.05, 4.69) is 15.1 Å². The van der Waals surface area contributed by atoms with Crippen molar-refractivity contribution in [3.8, 4) is 0 Å². The smallest absolute Gasteiger partial charge is 0.238 e. The fourth-order valence-electron chi connectivity index (χ4n) is 3.22. The van der Waals surface area contributed by atoms with E-state index in [0.29, 0.717) is 27.8 Å². The molecule has 0 spiro atoms. The average Bonchev–Trinajstić information content (AvgIpc) is 2.65. The van der Waals surface area contributed by atoms with E-state index in [1.54, 1.807) is 30.3 Å². The predicted octanol–water partition coefficient (Wildman–Crippen LogP) is 3.95. The number of benzene rings is 2. The molecule has 0 aromatic heterocycles. The summed E-state index contributed by atoms with van der Waals surface area (Å²) < 4.78 is 0. The number of halogens is 2. The number of amides is 1. The summed E-state index contributed by atoms with van der Waals surface area (Å²) >= 11 is 12.2. The van der Waals surface area contributed by atoms with E-state index < -0.39 is 0 Å². The molecule has 148 valence electrons. The zero-order valence-corrected chi connectivity index (χ0v) is 17.3. The molecule has 5 nitrogen and oxygen atoms in total. The number of nitrogens with one attached hydrogen (secondary N) is 1. The first-order valence-electron chi connectivity index (χ1n) is 9.20. The fourth-order valence-corrected chi connectivity index (χ4v) is 3.68. The molecule has 1 saturated heterocycles. The van der Waals surface area contributed by atoms with Gasteiger partial charge in [0, 0.05) is 54.0 Å². The van der Waals surface area contributed by atoms with Gasteiger partial charge in [-0.15, -0.1) is 0 Å². The van der Waals surface area contributed by atoms with Crippen LogP contribution in [0.25, 0.3) is 0 Å². The zero-order valence-electron chi connectivity index (χ0n) is 15.8. The van der Waals surface area contributed by atoms with Crippen molar-refractivity contribution < 1.29 is 9.59 Å². The Balaban J connectivity index is 1.46. The van der Waals surface area contributed by atoms with Crippen molar-refractivity contribution in [2.24, 2.45) is 0 Å². The molecule has 28 heavy (non-hydrogen) atoms. The van der Waals surface area contributed by atoms with Gasteiger partial charge in [0.2, 0.25) is 5.91 Å². The van der Waals surface area contributed by atoms with E-state index in [9.17, 15) is 9.59 Å². The van der Waals surface area contributed by atoms with Crippen LogP contribution in [-0.4, -0.2) is 54.2 Å². The summed E-state index contributed by atoms with van der Waals surface area (Å²) in [6, 6.07) is 12.6. The van der Waals surface area contributed by atoms with Crippen molar-refractivity contribution in [3.63, 3.8) is 0 Å². The van der Waals surface area contributed by atoms with Gasteiger partial charge in [0.1, 0.15) is 0 Å². The molecule has 0 unspecified atom stereocenters. The van der Waals surface area contributed by atoms with Crippen LogP contribution >= 0.6 is 23.2 Å². The van der Waals surface area contributed by atoms with E-state index in [1.165, 1.54) is 6.92 Å². The largest absolute Gasteiger partial charge is 0.325 e. The predicted molar refractivity (Wildman–Crippen MR) is 113 cm³/mol. The quantitative estimate of drug-likeness (QED) is 0.720. The number of carbonyl (C=O) groups excluding carboxylic acids is 2. The van der Waals surface area contributed by atoms with Gasteiger partial charge in [-0.2, -0.15) is 0 Å². The number of carbonyl (C=O) groups is 2. The van der Waals surface area contributed by atoms with Crippen molar-refractivity contribution >= 4 is 40.6 Å². The standard InChI is InChI=1S/C21H23Cl2N3O2/c1-15(27)16-3-2-4-19(11-16)24-21(28)14-26-9-7-25(8-10-26)13-17-5-6-18(22)12-20(17)23/h2-6,11-12H,7-10,13-14H2,1H3,(H,24,28). The minimum Gasteiger partial charge on any atom is -0.325 e. The molecule has 7 heteroatoms. The molecule has 0 saturated carbocycles. The van der Waals surface area contributed by atoms with Gasteiger partial charge in [0.05, 0.1) is 6.54 Å². The van der Waals surface area contributed by atoms with Gasteiger partial charge in [-0.1, -0.05) is 41.4 Å². The molecule has 1 fully saturated rings. The topological polar surface area (TPSA) is 52.7 Å². The van der Waals surface area contributed by atoms with E-state index in [1.807, 2.05) is 12.1 Å². The lowest BCUT2D eigenvalue weighted by atomic mass is 10.1. The Bertz CT molecular complexity index is 864. The van der Waals surface area contributed by atoms with Gasteiger partial charge >= 0.3 is 0 Å². The maximum absolute atomic E-state index is 12.3. The van der Waals surface area contributed by atoms with Gasteiger partial charge in [0.25, 0.3) is 0 Å². The molecule has 3 rings (SSSR count). The number of hydrogen-bond donors (Lipinski definition) is 1. The second-order valence-corrected chi connectivity index (χ2v) is 7.82. The highest BCUT2D eigenvalue weighted by Gasteiger charge is 2.20. The molecule has 2 aromatic carbocycles. The number of piperazine rings is 1. The van der Waals surface area contributed by atoms with Crippen LogP contribution in [-0.2, 0) is 11.3 Å². The molecule has 1 heterocycles. The summed E-state index contributed by atoms with van der Waals surface area (Å²) in [5.41, 5.74) is 2.30. The van der Waals surface area contributed by atoms with Gasteiger partial charge in [-0.05, 0) is 36.8 Å². The molecule has 1 N–H and O–H groups in total. The van der Waals surface area contributed by atoms with E-state index in [4.69, 9.17) is 23.2 Å². The number of rotatable bonds is 6. The van der Waals surface area contributed by atoms with Crippen LogP contribution in [0.1, 0.15) is 22.8 Å². The van der Waals surface area contributed by atoms with Crippen molar-refractivity contribution in [2.45, 2.75) is 13.5 Å². The molecular formula is C21H23Cl2N3O2. The van der Waals surface area contributed by atoms with E-state index in [-0.39, 0.29) is 11.7 Å². The monoisotopic (exact) mass is 419 g/mol. The first-order valence-corrected chi connectivity index (χ1v) is 9.96. The molecular weight excluding hydrogens is 397 g/mol. The van der Waals surface area contributed by atoms with Crippen molar-refractivity contribution in [2.75, 3.05) is 38.0 Å². The summed E-state index contributed by atoms with van der Waals surface area (Å²) in [4.78, 5) is 28.2. The van der Waals surface area contributed by atoms with Crippen LogP contribution in [0.2, 0.25) is 10.0 Å². The second kappa shape index (κ2) is 9.52. The molecule has 1 aliphatic rings. The lowest BCUT2D eigenvalue weighted by molar-refractivity contribution is -0.117. The molecule has 0 radical (unpaired) electrons. The van der Waals surface area contributed by atoms with Crippen LogP contribution in [0, 0.1) is 0 Å². The Morgan fingerprint density at radius 1 is 1.00 bits per heavy atom. The fraction of sp³-hybridized carbons (Fsp3) is 0.333. The highest BCUT2D eigenvalue weighted by molar-refractivity contribution is 6.35. The number of ketones is 1. The summed E-state index contributed by atoms with van der Waals surface area (Å²) in [5.74, 6) is -0.0945. The van der Waals surface area contributed by atoms with Gasteiger partial charge in [-0.25, -0.2) is 0 Å². The van der Waals surface area contributed by atoms with Crippen LogP contribution in [0.15, 0.2) is 42.5 Å². The Hall–Kier alpha value is -1.92. The Labute approximate surface area is 175 Å². The molecule has 0 bridgehead atoms. The highest BCUT2D eigenvalue weighted by atomic mass is 35.5. The number of hydrogen-bond acceptors (Lipinski definition) is 4. The molecule has 2 aromatic rings. The first-order chi connectivity index (χ1) is 13.4. The Morgan fingerprint density at radius 2 is 1.71 bits per heavy atom. The van der Waals surface area contributed by atoms with Crippen LogP contribution in [0.3, 0.4) is 0 Å². The lowest BCUT2D eigenvalue weighted by Crippen LogP contribution is -2.48. The molecule has 1 amide bonds. The Kier molecular flexibility index (Phi) is 7.08. The third-order valence-corrected chi connectivity index (χ3v) is 5.38. The summed E-state index contributed by atoms with van der Waals surface area (Å²) in [7, 11) is 0. The minimum atomic E-state index is -0.0742. The maximum Gasteiger partial charge on any atom is 0.238 e. The number of Topliss-reactive ketones (excluding diaryl/α,β-unsaturated/α-hetero) is 1. The van der Waals surface area contributed by atoms with E-state index >= 15 is 0 Å². The number of nitrogens with zero attached hydrogens (tertiary/aromatic N) is 2. The summed E-state index contributed by atoms with van der Waals surface area (Å²) in [5, 5.41) is 4.19. The van der Waals surface area contributed by atoms with Gasteiger partial charge in [-0.3, -0.25) is 19.4 Å². The third-order valence-electron chi connectivity index (χ3n) is 4.79. The van der Waals surface area contributed by atoms with E-state index in [0.717, 1.165) is 38.3 Å². The zero-order chi connectivity index (χ0) is 20.1. The highest BCUT2D eigenvalue weighted by Crippen LogP contribution is 2.22. The van der Waals surface area contributed by atoms with Crippen LogP contribution in [0.4, 0.5) is 5.69 Å². The summed E-state index contributed by atoms with van der Waals surface area (Å²) in [6.07, 6.45) is 0. The van der Waals surface area contributed by atoms with Gasteiger partial charge < -0.3 is 5.32 Å². The maximum atomic E-state index is 12.3. The SMILES string of the molecule is CC(=O)c1cccc(NC(=O)CN2CCN(Cc3ccc(Cl)cc3Cl)CC2)c1. The van der Waals surface area contributed by atoms with Crippen LogP contribution in [0.5, 0.6) is 0 Å². The molecule has 1 aliphatic heterocycles. The first kappa shape index (κ1) is 20.8. The minimum absolute atomic E-state index is 0.0204. The third kappa shape index (κ3) is 5.79. The molecule has 0 aliphatic carbocycles. The molecule has 0 atom stereocenters. The Morgan fingerprint density at radius 3 is 2.39 bits per heavy atom. The van der Waals surface area contributed by atoms with Gasteiger partial charge in [0.15, 0.2) is 5.78 Å². The van der Waals surface area contributed by atoms with Crippen molar-refractivity contribution in [3.05, 3.63) is 63.6 Å². The summed E-state index contributed by atoms with van der Waals surface area (Å²) in [6.45, 7) is 5.97. The van der Waals surface area contributed by atoms with Crippen molar-refractivity contribution in [1.29, 1.82) is 0 Å².